The summed E-state index contributed by atoms with van der Waals surface area (Å²) in [4.78, 5) is 10.0. The monoisotopic (exact) mass is 362 g/mol. The Balaban J connectivity index is 1.62. The van der Waals surface area contributed by atoms with Gasteiger partial charge in [-0.2, -0.15) is 0 Å². The van der Waals surface area contributed by atoms with Crippen LogP contribution in [0.15, 0.2) is 48.5 Å². The Morgan fingerprint density at radius 1 is 0.852 bits per heavy atom. The highest BCUT2D eigenvalue weighted by Crippen LogP contribution is 2.31. The van der Waals surface area contributed by atoms with Crippen molar-refractivity contribution in [1.29, 1.82) is 0 Å². The number of aromatic nitrogens is 2. The van der Waals surface area contributed by atoms with Crippen molar-refractivity contribution in [3.8, 4) is 0 Å². The van der Waals surface area contributed by atoms with Gasteiger partial charge in [-0.25, -0.2) is 4.98 Å². The molecule has 0 atom stereocenters. The van der Waals surface area contributed by atoms with Crippen LogP contribution < -0.4 is 9.80 Å². The Labute approximate surface area is 162 Å². The van der Waals surface area contributed by atoms with Gasteiger partial charge in [0.25, 0.3) is 0 Å². The van der Waals surface area contributed by atoms with E-state index in [9.17, 15) is 0 Å². The van der Waals surface area contributed by atoms with Crippen molar-refractivity contribution >= 4 is 22.7 Å². The third-order valence-electron chi connectivity index (χ3n) is 5.90. The molecular formula is C23H30N4. The lowest BCUT2D eigenvalue weighted by Gasteiger charge is -2.38. The first-order valence-electron chi connectivity index (χ1n) is 10.3. The first-order valence-corrected chi connectivity index (χ1v) is 10.3. The maximum absolute atomic E-state index is 5.04. The van der Waals surface area contributed by atoms with Gasteiger partial charge in [0.2, 0.25) is 5.95 Å². The second-order valence-corrected chi connectivity index (χ2v) is 7.50. The van der Waals surface area contributed by atoms with E-state index in [0.717, 1.165) is 50.5 Å². The van der Waals surface area contributed by atoms with Gasteiger partial charge in [-0.3, -0.25) is 0 Å². The van der Waals surface area contributed by atoms with Crippen LogP contribution in [-0.4, -0.2) is 35.7 Å². The molecule has 4 nitrogen and oxygen atoms in total. The molecule has 4 rings (SSSR count). The van der Waals surface area contributed by atoms with Crippen molar-refractivity contribution in [2.24, 2.45) is 0 Å². The van der Waals surface area contributed by atoms with Crippen LogP contribution >= 0.6 is 0 Å². The van der Waals surface area contributed by atoms with Crippen LogP contribution in [0.5, 0.6) is 0 Å². The molecule has 0 aliphatic carbocycles. The van der Waals surface area contributed by atoms with E-state index in [-0.39, 0.29) is 0 Å². The number of anilines is 2. The highest BCUT2D eigenvalue weighted by molar-refractivity contribution is 5.79. The van der Waals surface area contributed by atoms with Crippen LogP contribution in [-0.2, 0) is 0 Å². The molecule has 1 aliphatic heterocycles. The number of rotatable bonds is 5. The molecule has 142 valence electrons. The summed E-state index contributed by atoms with van der Waals surface area (Å²) in [5.74, 6) is 1.15. The highest BCUT2D eigenvalue weighted by atomic mass is 15.4. The first kappa shape index (κ1) is 17.9. The van der Waals surface area contributed by atoms with Gasteiger partial charge in [-0.15, -0.1) is 0 Å². The average Bonchev–Trinajstić information content (AvgIpc) is 3.09. The predicted octanol–water partition coefficient (Wildman–Crippen LogP) is 5.03. The minimum absolute atomic E-state index is 0.502. The quantitative estimate of drug-likeness (QED) is 0.636. The van der Waals surface area contributed by atoms with Crippen molar-refractivity contribution in [2.75, 3.05) is 36.0 Å². The van der Waals surface area contributed by atoms with Crippen LogP contribution in [0.3, 0.4) is 0 Å². The van der Waals surface area contributed by atoms with Crippen molar-refractivity contribution in [3.05, 3.63) is 54.1 Å². The largest absolute Gasteiger partial charge is 0.368 e. The molecule has 3 aromatic rings. The summed E-state index contributed by atoms with van der Waals surface area (Å²) >= 11 is 0. The molecule has 1 aromatic heterocycles. The summed E-state index contributed by atoms with van der Waals surface area (Å²) in [5, 5.41) is 0. The highest BCUT2D eigenvalue weighted by Gasteiger charge is 2.25. The summed E-state index contributed by atoms with van der Waals surface area (Å²) in [6, 6.07) is 17.8. The zero-order chi connectivity index (χ0) is 18.8. The van der Waals surface area contributed by atoms with Crippen LogP contribution in [0.4, 0.5) is 11.6 Å². The van der Waals surface area contributed by atoms with E-state index < -0.39 is 0 Å². The molecule has 0 radical (unpaired) electrons. The Bertz CT molecular complexity index is 902. The molecular weight excluding hydrogens is 332 g/mol. The summed E-state index contributed by atoms with van der Waals surface area (Å²) in [6.45, 7) is 10.9. The number of fused-ring (bicyclic) bond motifs is 1. The van der Waals surface area contributed by atoms with Gasteiger partial charge in [-0.05, 0) is 43.5 Å². The molecule has 1 aliphatic rings. The van der Waals surface area contributed by atoms with E-state index >= 15 is 0 Å². The van der Waals surface area contributed by atoms with E-state index in [2.05, 4.69) is 83.7 Å². The molecule has 27 heavy (non-hydrogen) atoms. The van der Waals surface area contributed by atoms with Gasteiger partial charge in [0.1, 0.15) is 0 Å². The normalized spacial score (nSPS) is 15.1. The van der Waals surface area contributed by atoms with Gasteiger partial charge < -0.3 is 14.4 Å². The lowest BCUT2D eigenvalue weighted by atomic mass is 10.1. The number of piperazine rings is 1. The molecule has 0 unspecified atom stereocenters. The predicted molar refractivity (Wildman–Crippen MR) is 115 cm³/mol. The summed E-state index contributed by atoms with van der Waals surface area (Å²) in [5.41, 5.74) is 5.10. The number of nitrogens with zero attached hydrogens (tertiary/aromatic N) is 4. The molecule has 2 aromatic carbocycles. The second kappa shape index (κ2) is 7.63. The molecule has 1 saturated heterocycles. The molecule has 4 heteroatoms. The van der Waals surface area contributed by atoms with Gasteiger partial charge in [0, 0.05) is 37.9 Å². The van der Waals surface area contributed by atoms with Gasteiger partial charge in [0.15, 0.2) is 0 Å². The summed E-state index contributed by atoms with van der Waals surface area (Å²) < 4.78 is 2.48. The van der Waals surface area contributed by atoms with Crippen LogP contribution in [0.25, 0.3) is 11.0 Å². The van der Waals surface area contributed by atoms with E-state index in [0.29, 0.717) is 6.04 Å². The fourth-order valence-electron chi connectivity index (χ4n) is 4.33. The van der Waals surface area contributed by atoms with Crippen molar-refractivity contribution in [1.82, 2.24) is 9.55 Å². The zero-order valence-electron chi connectivity index (χ0n) is 16.7. The van der Waals surface area contributed by atoms with Gasteiger partial charge in [0.05, 0.1) is 11.0 Å². The number of hydrogen-bond donors (Lipinski definition) is 0. The molecule has 0 N–H and O–H groups in total. The number of aryl methyl sites for hydroxylation is 1. The van der Waals surface area contributed by atoms with Gasteiger partial charge in [-0.1, -0.05) is 44.2 Å². The van der Waals surface area contributed by atoms with Crippen molar-refractivity contribution in [2.45, 2.75) is 39.7 Å². The van der Waals surface area contributed by atoms with Crippen LogP contribution in [0.1, 0.15) is 38.3 Å². The maximum atomic E-state index is 5.04. The van der Waals surface area contributed by atoms with Crippen LogP contribution in [0, 0.1) is 6.92 Å². The third-order valence-corrected chi connectivity index (χ3v) is 5.90. The zero-order valence-corrected chi connectivity index (χ0v) is 16.7. The molecule has 0 amide bonds. The number of imidazole rings is 1. The van der Waals surface area contributed by atoms with E-state index in [1.54, 1.807) is 0 Å². The molecule has 1 fully saturated rings. The lowest BCUT2D eigenvalue weighted by molar-refractivity contribution is 0.476. The summed E-state index contributed by atoms with van der Waals surface area (Å²) in [6.07, 6.45) is 2.26. The number of para-hydroxylation sites is 3. The SMILES string of the molecule is CCC(CC)n1c(N2CCN(c3ccccc3C)CC2)nc2ccccc21. The molecule has 0 saturated carbocycles. The number of hydrogen-bond acceptors (Lipinski definition) is 3. The molecule has 2 heterocycles. The van der Waals surface area contributed by atoms with E-state index in [4.69, 9.17) is 4.98 Å². The fourth-order valence-corrected chi connectivity index (χ4v) is 4.33. The molecule has 0 bridgehead atoms. The first-order chi connectivity index (χ1) is 13.2. The third kappa shape index (κ3) is 3.29. The van der Waals surface area contributed by atoms with E-state index in [1.165, 1.54) is 16.8 Å². The fraction of sp³-hybridized carbons (Fsp3) is 0.435. The molecule has 0 spiro atoms. The number of benzene rings is 2. The van der Waals surface area contributed by atoms with Crippen LogP contribution in [0.2, 0.25) is 0 Å². The Hall–Kier alpha value is -2.49. The standard InChI is InChI=1S/C23H30N4/c1-4-19(5-2)27-22-13-9-7-11-20(22)24-23(27)26-16-14-25(15-17-26)21-12-8-6-10-18(21)3/h6-13,19H,4-5,14-17H2,1-3H3. The minimum Gasteiger partial charge on any atom is -0.368 e. The average molecular weight is 363 g/mol. The second-order valence-electron chi connectivity index (χ2n) is 7.50. The van der Waals surface area contributed by atoms with Crippen molar-refractivity contribution < 1.29 is 0 Å². The summed E-state index contributed by atoms with van der Waals surface area (Å²) in [7, 11) is 0. The lowest BCUT2D eigenvalue weighted by Crippen LogP contribution is -2.47. The Morgan fingerprint density at radius 3 is 2.19 bits per heavy atom. The Kier molecular flexibility index (Phi) is 5.06. The topological polar surface area (TPSA) is 24.3 Å². The Morgan fingerprint density at radius 2 is 1.48 bits per heavy atom. The smallest absolute Gasteiger partial charge is 0.206 e. The van der Waals surface area contributed by atoms with Gasteiger partial charge >= 0.3 is 0 Å². The maximum Gasteiger partial charge on any atom is 0.206 e. The minimum atomic E-state index is 0.502. The van der Waals surface area contributed by atoms with Crippen molar-refractivity contribution in [3.63, 3.8) is 0 Å². The van der Waals surface area contributed by atoms with E-state index in [1.807, 2.05) is 0 Å².